The van der Waals surface area contributed by atoms with Gasteiger partial charge in [0.05, 0.1) is 15.4 Å². The maximum Gasteiger partial charge on any atom is 0.281 e. The zero-order valence-electron chi connectivity index (χ0n) is 12.3. The fourth-order valence-corrected chi connectivity index (χ4v) is 2.76. The van der Waals surface area contributed by atoms with E-state index in [0.717, 1.165) is 9.15 Å². The van der Waals surface area contributed by atoms with Crippen LogP contribution in [0.3, 0.4) is 0 Å². The number of para-hydroxylation sites is 2. The Hall–Kier alpha value is -2.45. The number of amides is 1. The Bertz CT molecular complexity index is 1030. The molecule has 0 saturated carbocycles. The van der Waals surface area contributed by atoms with Crippen molar-refractivity contribution in [1.82, 2.24) is 9.66 Å². The molecule has 24 heavy (non-hydrogen) atoms. The van der Waals surface area contributed by atoms with Crippen molar-refractivity contribution in [2.24, 2.45) is 0 Å². The lowest BCUT2D eigenvalue weighted by molar-refractivity contribution is -0.119. The Kier molecular flexibility index (Phi) is 4.77. The zero-order valence-corrected chi connectivity index (χ0v) is 14.7. The van der Waals surface area contributed by atoms with Gasteiger partial charge in [0.25, 0.3) is 11.5 Å². The molecule has 0 unspecified atom stereocenters. The van der Waals surface area contributed by atoms with E-state index in [2.05, 4.69) is 26.3 Å². The van der Waals surface area contributed by atoms with E-state index < -0.39 is 11.5 Å². The van der Waals surface area contributed by atoms with Crippen LogP contribution in [0.2, 0.25) is 0 Å². The summed E-state index contributed by atoms with van der Waals surface area (Å²) in [6, 6.07) is 14.1. The van der Waals surface area contributed by atoms with Gasteiger partial charge in [-0.1, -0.05) is 24.3 Å². The quantitative estimate of drug-likeness (QED) is 0.654. The van der Waals surface area contributed by atoms with Crippen molar-refractivity contribution in [2.75, 3.05) is 12.0 Å². The molecule has 0 spiro atoms. The highest BCUT2D eigenvalue weighted by Gasteiger charge is 2.10. The fraction of sp³-hybridized carbons (Fsp3) is 0.0625. The zero-order chi connectivity index (χ0) is 17.1. The highest BCUT2D eigenvalue weighted by atomic mass is 79.9. The molecule has 0 aliphatic rings. The lowest BCUT2D eigenvalue weighted by Crippen LogP contribution is -2.36. The number of nitrogens with zero attached hydrogens (tertiary/aromatic N) is 1. The maximum atomic E-state index is 12.4. The second kappa shape index (κ2) is 6.98. The summed E-state index contributed by atoms with van der Waals surface area (Å²) in [5.74, 6) is 0.0336. The van der Waals surface area contributed by atoms with Crippen LogP contribution in [-0.4, -0.2) is 22.2 Å². The van der Waals surface area contributed by atoms with Gasteiger partial charge in [-0.05, 0) is 52.4 Å². The molecule has 3 rings (SSSR count). The number of aromatic nitrogens is 2. The summed E-state index contributed by atoms with van der Waals surface area (Å²) in [6.07, 6.45) is 0. The van der Waals surface area contributed by atoms with Crippen molar-refractivity contribution in [3.8, 4) is 5.75 Å². The first-order chi connectivity index (χ1) is 11.6. The van der Waals surface area contributed by atoms with Crippen LogP contribution >= 0.6 is 28.1 Å². The highest BCUT2D eigenvalue weighted by Crippen LogP contribution is 2.23. The third-order valence-corrected chi connectivity index (χ3v) is 4.18. The topological polar surface area (TPSA) is 76.1 Å². The fourth-order valence-electron chi connectivity index (χ4n) is 2.13. The molecule has 0 saturated heterocycles. The van der Waals surface area contributed by atoms with Crippen LogP contribution in [0.25, 0.3) is 10.9 Å². The first kappa shape index (κ1) is 16.4. The van der Waals surface area contributed by atoms with Crippen molar-refractivity contribution in [1.29, 1.82) is 0 Å². The molecular formula is C16H12BrN3O3S. The van der Waals surface area contributed by atoms with Crippen molar-refractivity contribution in [3.05, 3.63) is 68.1 Å². The number of H-pyrrole nitrogens is 1. The molecule has 2 N–H and O–H groups in total. The molecule has 122 valence electrons. The molecule has 6 nitrogen and oxygen atoms in total. The Morgan fingerprint density at radius 3 is 2.71 bits per heavy atom. The number of halogens is 1. The summed E-state index contributed by atoms with van der Waals surface area (Å²) in [5.41, 5.74) is 2.66. The average molecular weight is 406 g/mol. The SMILES string of the molecule is O=C(COc1ccccc1Br)Nn1c(=S)[nH]c2ccccc2c1=O. The van der Waals surface area contributed by atoms with E-state index >= 15 is 0 Å². The van der Waals surface area contributed by atoms with Gasteiger partial charge in [0.15, 0.2) is 11.4 Å². The second-order valence-corrected chi connectivity index (χ2v) is 6.11. The molecule has 2 aromatic carbocycles. The number of benzene rings is 2. The first-order valence-corrected chi connectivity index (χ1v) is 8.17. The van der Waals surface area contributed by atoms with Gasteiger partial charge in [0, 0.05) is 0 Å². The van der Waals surface area contributed by atoms with Crippen molar-refractivity contribution in [3.63, 3.8) is 0 Å². The number of carbonyl (C=O) groups excluding carboxylic acids is 1. The number of fused-ring (bicyclic) bond motifs is 1. The molecule has 1 amide bonds. The molecule has 3 aromatic rings. The normalized spacial score (nSPS) is 10.5. The summed E-state index contributed by atoms with van der Waals surface area (Å²) in [7, 11) is 0. The van der Waals surface area contributed by atoms with E-state index in [0.29, 0.717) is 16.7 Å². The van der Waals surface area contributed by atoms with Crippen LogP contribution in [0, 0.1) is 4.77 Å². The Balaban J connectivity index is 1.80. The lowest BCUT2D eigenvalue weighted by atomic mass is 10.2. The first-order valence-electron chi connectivity index (χ1n) is 6.97. The molecule has 0 bridgehead atoms. The van der Waals surface area contributed by atoms with E-state index in [9.17, 15) is 9.59 Å². The summed E-state index contributed by atoms with van der Waals surface area (Å²) in [5, 5.41) is 0.429. The van der Waals surface area contributed by atoms with Gasteiger partial charge in [-0.3, -0.25) is 15.0 Å². The van der Waals surface area contributed by atoms with Gasteiger partial charge in [-0.2, -0.15) is 4.68 Å². The summed E-state index contributed by atoms with van der Waals surface area (Å²) in [4.78, 5) is 27.4. The number of aromatic amines is 1. The van der Waals surface area contributed by atoms with Crippen LogP contribution in [0.15, 0.2) is 57.8 Å². The predicted molar refractivity (Wildman–Crippen MR) is 97.4 cm³/mol. The highest BCUT2D eigenvalue weighted by molar-refractivity contribution is 9.10. The lowest BCUT2D eigenvalue weighted by Gasteiger charge is -2.11. The van der Waals surface area contributed by atoms with Gasteiger partial charge in [-0.15, -0.1) is 0 Å². The van der Waals surface area contributed by atoms with Gasteiger partial charge >= 0.3 is 0 Å². The van der Waals surface area contributed by atoms with E-state index in [4.69, 9.17) is 17.0 Å². The molecule has 1 heterocycles. The van der Waals surface area contributed by atoms with Crippen molar-refractivity contribution in [2.45, 2.75) is 0 Å². The number of hydrogen-bond donors (Lipinski definition) is 2. The molecule has 0 radical (unpaired) electrons. The number of nitrogens with one attached hydrogen (secondary N) is 2. The van der Waals surface area contributed by atoms with Crippen molar-refractivity contribution >= 4 is 45.0 Å². The van der Waals surface area contributed by atoms with Crippen LogP contribution in [-0.2, 0) is 4.79 Å². The summed E-state index contributed by atoms with van der Waals surface area (Å²) in [6.45, 7) is -0.253. The largest absolute Gasteiger partial charge is 0.483 e. The monoisotopic (exact) mass is 405 g/mol. The Morgan fingerprint density at radius 1 is 1.21 bits per heavy atom. The van der Waals surface area contributed by atoms with E-state index in [-0.39, 0.29) is 11.4 Å². The van der Waals surface area contributed by atoms with E-state index in [1.54, 1.807) is 42.5 Å². The number of ether oxygens (including phenoxy) is 1. The average Bonchev–Trinajstić information content (AvgIpc) is 2.58. The molecule has 0 aliphatic heterocycles. The number of rotatable bonds is 4. The smallest absolute Gasteiger partial charge is 0.281 e. The van der Waals surface area contributed by atoms with Gasteiger partial charge in [-0.25, -0.2) is 0 Å². The molecule has 0 aliphatic carbocycles. The van der Waals surface area contributed by atoms with Crippen LogP contribution in [0.1, 0.15) is 0 Å². The van der Waals surface area contributed by atoms with Crippen molar-refractivity contribution < 1.29 is 9.53 Å². The molecule has 0 fully saturated rings. The molecule has 1 aromatic heterocycles. The van der Waals surface area contributed by atoms with E-state index in [1.165, 1.54) is 0 Å². The van der Waals surface area contributed by atoms with Gasteiger partial charge in [0.1, 0.15) is 5.75 Å². The number of hydrogen-bond acceptors (Lipinski definition) is 4. The Morgan fingerprint density at radius 2 is 1.92 bits per heavy atom. The van der Waals surface area contributed by atoms with Crippen LogP contribution in [0.4, 0.5) is 0 Å². The minimum atomic E-state index is -0.498. The molecule has 0 atom stereocenters. The molecule has 8 heteroatoms. The summed E-state index contributed by atoms with van der Waals surface area (Å²) < 4.78 is 7.26. The van der Waals surface area contributed by atoms with Gasteiger partial charge < -0.3 is 9.72 Å². The van der Waals surface area contributed by atoms with Gasteiger partial charge in [0.2, 0.25) is 0 Å². The standard InChI is InChI=1S/C16H12BrN3O3S/c17-11-6-2-4-8-13(11)23-9-14(21)19-20-15(22)10-5-1-3-7-12(10)18-16(20)24/h1-8H,9H2,(H,18,24)(H,19,21). The van der Waals surface area contributed by atoms with Crippen LogP contribution in [0.5, 0.6) is 5.75 Å². The van der Waals surface area contributed by atoms with Crippen LogP contribution < -0.4 is 15.7 Å². The minimum absolute atomic E-state index is 0.105. The third kappa shape index (κ3) is 3.39. The second-order valence-electron chi connectivity index (χ2n) is 4.87. The predicted octanol–water partition coefficient (Wildman–Crippen LogP) is 2.97. The molecular weight excluding hydrogens is 394 g/mol. The summed E-state index contributed by atoms with van der Waals surface area (Å²) >= 11 is 8.46. The van der Waals surface area contributed by atoms with E-state index in [1.807, 2.05) is 6.07 Å². The minimum Gasteiger partial charge on any atom is -0.483 e. The number of carbonyl (C=O) groups is 1. The Labute approximate surface area is 150 Å². The maximum absolute atomic E-state index is 12.4. The third-order valence-electron chi connectivity index (χ3n) is 3.24.